The van der Waals surface area contributed by atoms with Gasteiger partial charge in [-0.15, -0.1) is 10.2 Å². The van der Waals surface area contributed by atoms with Crippen molar-refractivity contribution in [2.75, 3.05) is 19.0 Å². The zero-order valence-electron chi connectivity index (χ0n) is 11.9. The van der Waals surface area contributed by atoms with Gasteiger partial charge in [-0.3, -0.25) is 9.72 Å². The van der Waals surface area contributed by atoms with Crippen LogP contribution in [0.1, 0.15) is 11.8 Å². The number of furan rings is 1. The Balaban J connectivity index is 1.71. The zero-order valence-corrected chi connectivity index (χ0v) is 11.9. The van der Waals surface area contributed by atoms with Gasteiger partial charge in [-0.25, -0.2) is 4.79 Å². The van der Waals surface area contributed by atoms with E-state index < -0.39 is 6.03 Å². The van der Waals surface area contributed by atoms with Gasteiger partial charge < -0.3 is 14.5 Å². The van der Waals surface area contributed by atoms with Crippen LogP contribution in [0.3, 0.4) is 0 Å². The van der Waals surface area contributed by atoms with Gasteiger partial charge in [-0.1, -0.05) is 6.07 Å². The highest BCUT2D eigenvalue weighted by molar-refractivity contribution is 5.88. The fourth-order valence-electron chi connectivity index (χ4n) is 2.07. The molecule has 8 heteroatoms. The molecule has 0 aliphatic rings. The molecule has 1 atom stereocenters. The van der Waals surface area contributed by atoms with Gasteiger partial charge in [0.1, 0.15) is 11.8 Å². The van der Waals surface area contributed by atoms with Gasteiger partial charge in [0.2, 0.25) is 5.95 Å². The third-order valence-electron chi connectivity index (χ3n) is 3.06. The summed E-state index contributed by atoms with van der Waals surface area (Å²) in [6.07, 6.45) is 3.31. The van der Waals surface area contributed by atoms with Crippen LogP contribution in [0.25, 0.3) is 5.65 Å². The molecule has 0 spiro atoms. The van der Waals surface area contributed by atoms with Gasteiger partial charge in [-0.05, 0) is 24.3 Å². The number of amides is 2. The third kappa shape index (κ3) is 2.91. The van der Waals surface area contributed by atoms with E-state index in [1.165, 1.54) is 0 Å². The number of nitrogens with zero attached hydrogens (tertiary/aromatic N) is 3. The molecule has 3 aromatic heterocycles. The number of anilines is 1. The number of hydrogen-bond acceptors (Lipinski definition) is 5. The minimum Gasteiger partial charge on any atom is -0.467 e. The highest BCUT2D eigenvalue weighted by Crippen LogP contribution is 2.14. The van der Waals surface area contributed by atoms with Crippen molar-refractivity contribution in [3.05, 3.63) is 48.6 Å². The predicted octanol–water partition coefficient (Wildman–Crippen LogP) is 1.83. The van der Waals surface area contributed by atoms with E-state index in [1.54, 1.807) is 42.2 Å². The van der Waals surface area contributed by atoms with Crippen LogP contribution < -0.4 is 10.6 Å². The number of carbonyl (C=O) groups is 1. The van der Waals surface area contributed by atoms with Gasteiger partial charge in [0.25, 0.3) is 0 Å². The zero-order chi connectivity index (χ0) is 15.4. The second kappa shape index (κ2) is 6.27. The fraction of sp³-hybridized carbons (Fsp3) is 0.214. The van der Waals surface area contributed by atoms with E-state index in [0.717, 1.165) is 0 Å². The average molecular weight is 301 g/mol. The first-order valence-electron chi connectivity index (χ1n) is 6.67. The molecule has 0 fully saturated rings. The van der Waals surface area contributed by atoms with Crippen molar-refractivity contribution in [1.29, 1.82) is 0 Å². The van der Waals surface area contributed by atoms with Crippen LogP contribution >= 0.6 is 0 Å². The van der Waals surface area contributed by atoms with E-state index in [9.17, 15) is 4.79 Å². The Morgan fingerprint density at radius 2 is 2.27 bits per heavy atom. The molecule has 114 valence electrons. The van der Waals surface area contributed by atoms with Crippen LogP contribution in [0, 0.1) is 0 Å². The van der Waals surface area contributed by atoms with Crippen LogP contribution in [0.4, 0.5) is 10.7 Å². The van der Waals surface area contributed by atoms with Gasteiger partial charge in [0.05, 0.1) is 12.9 Å². The first-order chi connectivity index (χ1) is 10.8. The van der Waals surface area contributed by atoms with Crippen molar-refractivity contribution >= 4 is 17.6 Å². The Hall–Kier alpha value is -2.87. The fourth-order valence-corrected chi connectivity index (χ4v) is 2.07. The molecule has 3 heterocycles. The molecule has 0 saturated heterocycles. The molecule has 0 aliphatic heterocycles. The molecule has 22 heavy (non-hydrogen) atoms. The van der Waals surface area contributed by atoms with Crippen molar-refractivity contribution < 1.29 is 13.9 Å². The van der Waals surface area contributed by atoms with Crippen molar-refractivity contribution in [2.45, 2.75) is 6.04 Å². The maximum absolute atomic E-state index is 12.1. The molecule has 0 aliphatic carbocycles. The number of fused-ring (bicyclic) bond motifs is 1. The maximum Gasteiger partial charge on any atom is 0.322 e. The molecular weight excluding hydrogens is 286 g/mol. The summed E-state index contributed by atoms with van der Waals surface area (Å²) < 4.78 is 12.1. The summed E-state index contributed by atoms with van der Waals surface area (Å²) in [5, 5.41) is 13.3. The average Bonchev–Trinajstić information content (AvgIpc) is 3.17. The summed E-state index contributed by atoms with van der Waals surface area (Å²) in [7, 11) is 1.56. The first kappa shape index (κ1) is 14.1. The normalized spacial score (nSPS) is 12.2. The van der Waals surface area contributed by atoms with Crippen LogP contribution in [0.5, 0.6) is 0 Å². The molecule has 3 aromatic rings. The minimum absolute atomic E-state index is 0.293. The van der Waals surface area contributed by atoms with Gasteiger partial charge in [0, 0.05) is 13.3 Å². The van der Waals surface area contributed by atoms with E-state index >= 15 is 0 Å². The number of carbonyl (C=O) groups excluding carboxylic acids is 1. The second-order valence-electron chi connectivity index (χ2n) is 4.57. The van der Waals surface area contributed by atoms with Crippen molar-refractivity contribution in [3.63, 3.8) is 0 Å². The van der Waals surface area contributed by atoms with Gasteiger partial charge >= 0.3 is 6.03 Å². The molecule has 2 amide bonds. The first-order valence-corrected chi connectivity index (χ1v) is 6.67. The minimum atomic E-state index is -0.420. The van der Waals surface area contributed by atoms with Crippen LogP contribution in [-0.4, -0.2) is 34.3 Å². The molecule has 0 radical (unpaired) electrons. The number of methoxy groups -OCH3 is 1. The van der Waals surface area contributed by atoms with Crippen LogP contribution in [0.15, 0.2) is 47.2 Å². The number of aromatic nitrogens is 3. The summed E-state index contributed by atoms with van der Waals surface area (Å²) >= 11 is 0. The SMILES string of the molecule is COCC(NC(=O)Nc1nnc2ccccn12)c1ccco1. The summed E-state index contributed by atoms with van der Waals surface area (Å²) in [6.45, 7) is 0.293. The quantitative estimate of drug-likeness (QED) is 0.750. The summed E-state index contributed by atoms with van der Waals surface area (Å²) in [5.74, 6) is 0.951. The summed E-state index contributed by atoms with van der Waals surface area (Å²) in [4.78, 5) is 12.1. The standard InChI is InChI=1S/C14H15N5O3/c1-21-9-10(11-5-4-8-22-11)15-14(20)16-13-18-17-12-6-2-3-7-19(12)13/h2-8,10H,9H2,1H3,(H2,15,16,18,20). The maximum atomic E-state index is 12.1. The van der Waals surface area contributed by atoms with E-state index in [1.807, 2.05) is 12.1 Å². The number of hydrogen-bond donors (Lipinski definition) is 2. The lowest BCUT2D eigenvalue weighted by Crippen LogP contribution is -2.35. The summed E-state index contributed by atoms with van der Waals surface area (Å²) in [5.41, 5.74) is 0.650. The van der Waals surface area contributed by atoms with E-state index in [4.69, 9.17) is 9.15 Å². The highest BCUT2D eigenvalue weighted by atomic mass is 16.5. The molecule has 8 nitrogen and oxygen atoms in total. The monoisotopic (exact) mass is 301 g/mol. The molecule has 3 rings (SSSR count). The third-order valence-corrected chi connectivity index (χ3v) is 3.06. The number of rotatable bonds is 5. The largest absolute Gasteiger partial charge is 0.467 e. The van der Waals surface area contributed by atoms with E-state index in [-0.39, 0.29) is 6.04 Å². The Morgan fingerprint density at radius 3 is 3.05 bits per heavy atom. The lowest BCUT2D eigenvalue weighted by Gasteiger charge is -2.15. The number of pyridine rings is 1. The Bertz CT molecular complexity index is 753. The van der Waals surface area contributed by atoms with E-state index in [2.05, 4.69) is 20.8 Å². The molecular formula is C14H15N5O3. The molecule has 0 bridgehead atoms. The van der Waals surface area contributed by atoms with Crippen molar-refractivity contribution in [3.8, 4) is 0 Å². The topological polar surface area (TPSA) is 93.7 Å². The molecule has 0 saturated carbocycles. The second-order valence-corrected chi connectivity index (χ2v) is 4.57. The lowest BCUT2D eigenvalue weighted by atomic mass is 10.2. The van der Waals surface area contributed by atoms with Crippen molar-refractivity contribution in [1.82, 2.24) is 19.9 Å². The predicted molar refractivity (Wildman–Crippen MR) is 78.5 cm³/mol. The van der Waals surface area contributed by atoms with Gasteiger partial charge in [0.15, 0.2) is 5.65 Å². The molecule has 1 unspecified atom stereocenters. The van der Waals surface area contributed by atoms with Crippen LogP contribution in [-0.2, 0) is 4.74 Å². The lowest BCUT2D eigenvalue weighted by molar-refractivity contribution is 0.159. The van der Waals surface area contributed by atoms with Crippen LogP contribution in [0.2, 0.25) is 0 Å². The molecule has 2 N–H and O–H groups in total. The smallest absolute Gasteiger partial charge is 0.322 e. The van der Waals surface area contributed by atoms with Crippen molar-refractivity contribution in [2.24, 2.45) is 0 Å². The van der Waals surface area contributed by atoms with Gasteiger partial charge in [-0.2, -0.15) is 0 Å². The number of nitrogens with one attached hydrogen (secondary N) is 2. The summed E-state index contributed by atoms with van der Waals surface area (Å²) in [6, 6.07) is 8.19. The van der Waals surface area contributed by atoms with E-state index in [0.29, 0.717) is 24.0 Å². The Kier molecular flexibility index (Phi) is 4.01. The number of ether oxygens (including phenoxy) is 1. The molecule has 0 aromatic carbocycles. The Morgan fingerprint density at radius 1 is 1.36 bits per heavy atom. The Labute approximate surface area is 126 Å². The number of urea groups is 1. The highest BCUT2D eigenvalue weighted by Gasteiger charge is 2.18.